The zero-order valence-electron chi connectivity index (χ0n) is 11.5. The molecule has 0 radical (unpaired) electrons. The minimum atomic E-state index is -0.839. The first-order chi connectivity index (χ1) is 10.2. The van der Waals surface area contributed by atoms with Crippen molar-refractivity contribution in [1.82, 2.24) is 4.98 Å². The number of nitrogens with zero attached hydrogens (tertiary/aromatic N) is 1. The number of hydrogen-bond donors (Lipinski definition) is 1. The normalized spacial score (nSPS) is 11.0. The fourth-order valence-electron chi connectivity index (χ4n) is 2.09. The van der Waals surface area contributed by atoms with E-state index < -0.39 is 11.6 Å². The van der Waals surface area contributed by atoms with Crippen molar-refractivity contribution in [3.63, 3.8) is 0 Å². The van der Waals surface area contributed by atoms with Crippen LogP contribution in [0.15, 0.2) is 40.8 Å². The monoisotopic (exact) mass is 288 g/mol. The molecule has 3 nitrogen and oxygen atoms in total. The Balaban J connectivity index is 1.76. The maximum absolute atomic E-state index is 13.1. The van der Waals surface area contributed by atoms with E-state index in [0.29, 0.717) is 18.0 Å². The summed E-state index contributed by atoms with van der Waals surface area (Å²) in [5, 5.41) is 3.16. The van der Waals surface area contributed by atoms with Crippen LogP contribution in [-0.4, -0.2) is 4.98 Å². The Hall–Kier alpha value is -2.43. The van der Waals surface area contributed by atoms with Crippen LogP contribution in [0.3, 0.4) is 0 Å². The molecular formula is C16H14F2N2O. The lowest BCUT2D eigenvalue weighted by molar-refractivity contribution is 0.507. The van der Waals surface area contributed by atoms with E-state index >= 15 is 0 Å². The molecule has 1 aromatic heterocycles. The third kappa shape index (κ3) is 2.86. The van der Waals surface area contributed by atoms with Gasteiger partial charge in [0.05, 0.1) is 0 Å². The van der Waals surface area contributed by atoms with Crippen molar-refractivity contribution in [2.75, 3.05) is 5.32 Å². The van der Waals surface area contributed by atoms with E-state index in [1.807, 2.05) is 25.1 Å². The van der Waals surface area contributed by atoms with Gasteiger partial charge in [-0.25, -0.2) is 13.8 Å². The minimum Gasteiger partial charge on any atom is -0.441 e. The minimum absolute atomic E-state index is 0.404. The number of fused-ring (bicyclic) bond motifs is 1. The van der Waals surface area contributed by atoms with Gasteiger partial charge < -0.3 is 9.73 Å². The molecule has 0 aliphatic rings. The number of rotatable bonds is 4. The summed E-state index contributed by atoms with van der Waals surface area (Å²) in [5.41, 5.74) is 3.04. The average Bonchev–Trinajstić information content (AvgIpc) is 2.90. The summed E-state index contributed by atoms with van der Waals surface area (Å²) in [6.45, 7) is 2.38. The van der Waals surface area contributed by atoms with Gasteiger partial charge in [0.2, 0.25) is 0 Å². The van der Waals surface area contributed by atoms with Crippen LogP contribution in [-0.2, 0) is 13.0 Å². The van der Waals surface area contributed by atoms with Gasteiger partial charge in [-0.2, -0.15) is 0 Å². The summed E-state index contributed by atoms with van der Waals surface area (Å²) in [6, 6.07) is 9.45. The number of aryl methyl sites for hydroxylation is 1. The molecule has 5 heteroatoms. The first-order valence-corrected chi connectivity index (χ1v) is 6.73. The zero-order chi connectivity index (χ0) is 14.8. The number of oxazole rings is 1. The van der Waals surface area contributed by atoms with Gasteiger partial charge >= 0.3 is 0 Å². The topological polar surface area (TPSA) is 38.1 Å². The van der Waals surface area contributed by atoms with Gasteiger partial charge in [-0.15, -0.1) is 0 Å². The van der Waals surface area contributed by atoms with E-state index in [1.165, 1.54) is 6.07 Å². The molecule has 0 spiro atoms. The Kier molecular flexibility index (Phi) is 3.56. The summed E-state index contributed by atoms with van der Waals surface area (Å²) in [7, 11) is 0. The van der Waals surface area contributed by atoms with Crippen LogP contribution in [0.4, 0.5) is 14.5 Å². The molecule has 1 N–H and O–H groups in total. The Labute approximate surface area is 120 Å². The van der Waals surface area contributed by atoms with Gasteiger partial charge in [0.25, 0.3) is 0 Å². The smallest absolute Gasteiger partial charge is 0.195 e. The molecule has 0 saturated heterocycles. The van der Waals surface area contributed by atoms with Crippen molar-refractivity contribution < 1.29 is 13.2 Å². The van der Waals surface area contributed by atoms with Crippen LogP contribution in [0, 0.1) is 11.6 Å². The summed E-state index contributed by atoms with van der Waals surface area (Å²) in [5.74, 6) is -0.980. The van der Waals surface area contributed by atoms with Gasteiger partial charge in [0.15, 0.2) is 23.1 Å². The van der Waals surface area contributed by atoms with Gasteiger partial charge in [-0.3, -0.25) is 0 Å². The third-order valence-corrected chi connectivity index (χ3v) is 3.21. The van der Waals surface area contributed by atoms with Crippen LogP contribution in [0.5, 0.6) is 0 Å². The molecule has 21 heavy (non-hydrogen) atoms. The van der Waals surface area contributed by atoms with E-state index in [4.69, 9.17) is 4.42 Å². The molecule has 0 bridgehead atoms. The predicted molar refractivity (Wildman–Crippen MR) is 77.1 cm³/mol. The highest BCUT2D eigenvalue weighted by Crippen LogP contribution is 2.21. The molecule has 0 fully saturated rings. The van der Waals surface area contributed by atoms with Crippen molar-refractivity contribution >= 4 is 16.8 Å². The maximum atomic E-state index is 13.1. The summed E-state index contributed by atoms with van der Waals surface area (Å²) < 4.78 is 31.5. The Bertz CT molecular complexity index is 783. The van der Waals surface area contributed by atoms with Crippen molar-refractivity contribution in [2.45, 2.75) is 19.9 Å². The predicted octanol–water partition coefficient (Wildman–Crippen LogP) is 4.28. The number of nitrogens with one attached hydrogen (secondary N) is 1. The van der Waals surface area contributed by atoms with Crippen molar-refractivity contribution in [3.05, 3.63) is 59.5 Å². The fourth-order valence-corrected chi connectivity index (χ4v) is 2.09. The van der Waals surface area contributed by atoms with Gasteiger partial charge in [-0.05, 0) is 35.9 Å². The van der Waals surface area contributed by atoms with E-state index in [-0.39, 0.29) is 0 Å². The Morgan fingerprint density at radius 2 is 1.95 bits per heavy atom. The molecule has 0 atom stereocenters. The van der Waals surface area contributed by atoms with E-state index in [9.17, 15) is 8.78 Å². The molecule has 1 heterocycles. The molecule has 0 unspecified atom stereocenters. The largest absolute Gasteiger partial charge is 0.441 e. The molecule has 3 rings (SSSR count). The number of hydrogen-bond acceptors (Lipinski definition) is 3. The Morgan fingerprint density at radius 1 is 1.10 bits per heavy atom. The van der Waals surface area contributed by atoms with Crippen molar-refractivity contribution in [2.24, 2.45) is 0 Å². The fraction of sp³-hybridized carbons (Fsp3) is 0.188. The van der Waals surface area contributed by atoms with Crippen LogP contribution in [0.25, 0.3) is 11.1 Å². The third-order valence-electron chi connectivity index (χ3n) is 3.21. The second kappa shape index (κ2) is 5.52. The number of halogens is 2. The second-order valence-corrected chi connectivity index (χ2v) is 4.75. The molecule has 0 amide bonds. The number of anilines is 1. The zero-order valence-corrected chi connectivity index (χ0v) is 11.5. The van der Waals surface area contributed by atoms with Crippen LogP contribution in [0.1, 0.15) is 18.4 Å². The lowest BCUT2D eigenvalue weighted by atomic mass is 10.2. The van der Waals surface area contributed by atoms with Crippen LogP contribution < -0.4 is 5.32 Å². The lowest BCUT2D eigenvalue weighted by Crippen LogP contribution is -2.00. The highest BCUT2D eigenvalue weighted by molar-refractivity contribution is 5.77. The standard InChI is InChI=1S/C16H14F2N2O/c1-2-16-20-14-8-11(4-6-15(14)21-16)19-9-10-3-5-12(17)13(18)7-10/h3-8,19H,2,9H2,1H3. The highest BCUT2D eigenvalue weighted by atomic mass is 19.2. The average molecular weight is 288 g/mol. The molecule has 3 aromatic rings. The second-order valence-electron chi connectivity index (χ2n) is 4.75. The van der Waals surface area contributed by atoms with Crippen molar-refractivity contribution in [1.29, 1.82) is 0 Å². The summed E-state index contributed by atoms with van der Waals surface area (Å²) in [6.07, 6.45) is 0.742. The summed E-state index contributed by atoms with van der Waals surface area (Å²) >= 11 is 0. The first kappa shape index (κ1) is 13.5. The molecule has 108 valence electrons. The lowest BCUT2D eigenvalue weighted by Gasteiger charge is -2.06. The molecule has 2 aromatic carbocycles. The van der Waals surface area contributed by atoms with Crippen LogP contribution in [0.2, 0.25) is 0 Å². The molecular weight excluding hydrogens is 274 g/mol. The molecule has 0 aliphatic carbocycles. The van der Waals surface area contributed by atoms with E-state index in [2.05, 4.69) is 10.3 Å². The van der Waals surface area contributed by atoms with Crippen molar-refractivity contribution in [3.8, 4) is 0 Å². The van der Waals surface area contributed by atoms with E-state index in [1.54, 1.807) is 6.07 Å². The maximum Gasteiger partial charge on any atom is 0.195 e. The Morgan fingerprint density at radius 3 is 2.71 bits per heavy atom. The van der Waals surface area contributed by atoms with Crippen LogP contribution >= 0.6 is 0 Å². The number of benzene rings is 2. The summed E-state index contributed by atoms with van der Waals surface area (Å²) in [4.78, 5) is 4.36. The number of aromatic nitrogens is 1. The van der Waals surface area contributed by atoms with Gasteiger partial charge in [-0.1, -0.05) is 13.0 Å². The van der Waals surface area contributed by atoms with E-state index in [0.717, 1.165) is 29.3 Å². The SMILES string of the molecule is CCc1nc2cc(NCc3ccc(F)c(F)c3)ccc2o1. The highest BCUT2D eigenvalue weighted by Gasteiger charge is 2.06. The quantitative estimate of drug-likeness (QED) is 0.778. The van der Waals surface area contributed by atoms with Gasteiger partial charge in [0.1, 0.15) is 5.52 Å². The first-order valence-electron chi connectivity index (χ1n) is 6.73. The van der Waals surface area contributed by atoms with Gasteiger partial charge in [0, 0.05) is 18.7 Å². The molecule has 0 saturated carbocycles. The molecule has 0 aliphatic heterocycles.